The molecule has 4 aromatic rings. The van der Waals surface area contributed by atoms with Gasteiger partial charge in [0.1, 0.15) is 23.0 Å². The lowest BCUT2D eigenvalue weighted by Crippen LogP contribution is -2.21. The second-order valence-corrected chi connectivity index (χ2v) is 7.46. The lowest BCUT2D eigenvalue weighted by atomic mass is 10.1. The number of carbonyl (C=O) groups excluding carboxylic acids is 1. The van der Waals surface area contributed by atoms with Crippen molar-refractivity contribution in [2.75, 3.05) is 0 Å². The highest BCUT2D eigenvalue weighted by atomic mass is 32.1. The van der Waals surface area contributed by atoms with Crippen LogP contribution in [0.2, 0.25) is 0 Å². The minimum Gasteiger partial charge on any atom is -0.454 e. The maximum absolute atomic E-state index is 12.5. The van der Waals surface area contributed by atoms with Crippen LogP contribution in [0.1, 0.15) is 28.4 Å². The number of aromatic amines is 1. The van der Waals surface area contributed by atoms with Crippen molar-refractivity contribution >= 4 is 38.4 Å². The number of hydrogen-bond donors (Lipinski definition) is 1. The van der Waals surface area contributed by atoms with Gasteiger partial charge in [-0.1, -0.05) is 0 Å². The first-order valence-electron chi connectivity index (χ1n) is 8.77. The smallest absolute Gasteiger partial charge is 0.338 e. The predicted octanol–water partition coefficient (Wildman–Crippen LogP) is 2.00. The Hall–Kier alpha value is -3.33. The summed E-state index contributed by atoms with van der Waals surface area (Å²) in [6, 6.07) is 6.46. The van der Waals surface area contributed by atoms with Gasteiger partial charge in [-0.05, 0) is 36.1 Å². The lowest BCUT2D eigenvalue weighted by molar-refractivity contribution is 0.0462. The molecule has 0 saturated carbocycles. The summed E-state index contributed by atoms with van der Waals surface area (Å²) < 4.78 is 7.51. The topological polar surface area (TPSA) is 107 Å². The first kappa shape index (κ1) is 16.8. The van der Waals surface area contributed by atoms with Crippen LogP contribution < -0.4 is 11.1 Å². The van der Waals surface area contributed by atoms with Gasteiger partial charge in [0.15, 0.2) is 0 Å². The predicted molar refractivity (Wildman–Crippen MR) is 104 cm³/mol. The fraction of sp³-hybridized carbons (Fsp3) is 0.211. The first-order chi connectivity index (χ1) is 13.6. The Morgan fingerprint density at radius 1 is 1.21 bits per heavy atom. The van der Waals surface area contributed by atoms with E-state index in [1.165, 1.54) is 11.3 Å². The van der Waals surface area contributed by atoms with Crippen molar-refractivity contribution in [3.8, 4) is 0 Å². The van der Waals surface area contributed by atoms with Gasteiger partial charge in [-0.25, -0.2) is 14.8 Å². The summed E-state index contributed by atoms with van der Waals surface area (Å²) >= 11 is 1.31. The number of esters is 1. The standard InChI is InChI=1S/C19H14N4O4S/c24-17-16-12(5-7-28-16)20-14(22-17)9-27-19(26)10-3-4-11-13(8-10)21-15-2-1-6-23(15)18(11)25/h3-5,7-8H,1-2,6,9H2,(H,20,22,24). The fourth-order valence-corrected chi connectivity index (χ4v) is 4.14. The van der Waals surface area contributed by atoms with E-state index in [0.29, 0.717) is 33.2 Å². The number of ether oxygens (including phenoxy) is 1. The van der Waals surface area contributed by atoms with E-state index in [9.17, 15) is 14.4 Å². The molecule has 0 spiro atoms. The summed E-state index contributed by atoms with van der Waals surface area (Å²) in [4.78, 5) is 48.3. The molecule has 0 aliphatic carbocycles. The molecule has 140 valence electrons. The van der Waals surface area contributed by atoms with Crippen LogP contribution in [0.3, 0.4) is 0 Å². The van der Waals surface area contributed by atoms with Crippen LogP contribution in [-0.2, 0) is 24.3 Å². The number of benzene rings is 1. The third-order valence-corrected chi connectivity index (χ3v) is 5.66. The van der Waals surface area contributed by atoms with Crippen molar-refractivity contribution in [3.05, 3.63) is 67.6 Å². The molecule has 0 amide bonds. The van der Waals surface area contributed by atoms with Gasteiger partial charge in [0.25, 0.3) is 11.1 Å². The number of nitrogens with zero attached hydrogens (tertiary/aromatic N) is 3. The highest BCUT2D eigenvalue weighted by molar-refractivity contribution is 7.17. The molecular weight excluding hydrogens is 380 g/mol. The SMILES string of the molecule is O=C(OCc1nc2ccsc2c(=O)[nH]1)c1ccc2c(=O)n3c(nc2c1)CCC3. The van der Waals surface area contributed by atoms with Crippen LogP contribution in [0, 0.1) is 0 Å². The van der Waals surface area contributed by atoms with Crippen LogP contribution >= 0.6 is 11.3 Å². The largest absolute Gasteiger partial charge is 0.454 e. The molecule has 9 heteroatoms. The molecule has 4 heterocycles. The van der Waals surface area contributed by atoms with Crippen molar-refractivity contribution in [2.24, 2.45) is 0 Å². The molecule has 1 N–H and O–H groups in total. The Labute approximate surface area is 161 Å². The zero-order valence-electron chi connectivity index (χ0n) is 14.6. The molecule has 3 aromatic heterocycles. The third-order valence-electron chi connectivity index (χ3n) is 4.76. The van der Waals surface area contributed by atoms with Gasteiger partial charge >= 0.3 is 5.97 Å². The van der Waals surface area contributed by atoms with Crippen LogP contribution in [0.4, 0.5) is 0 Å². The average molecular weight is 394 g/mol. The number of rotatable bonds is 3. The van der Waals surface area contributed by atoms with Crippen molar-refractivity contribution in [2.45, 2.75) is 26.0 Å². The highest BCUT2D eigenvalue weighted by Crippen LogP contribution is 2.17. The van der Waals surface area contributed by atoms with E-state index in [0.717, 1.165) is 18.7 Å². The number of carbonyl (C=O) groups is 1. The van der Waals surface area contributed by atoms with Crippen LogP contribution in [0.15, 0.2) is 39.2 Å². The number of thiophene rings is 1. The Morgan fingerprint density at radius 2 is 2.11 bits per heavy atom. The average Bonchev–Trinajstić information content (AvgIpc) is 3.35. The molecule has 8 nitrogen and oxygen atoms in total. The van der Waals surface area contributed by atoms with E-state index in [1.807, 2.05) is 0 Å². The molecular formula is C19H14N4O4S. The van der Waals surface area contributed by atoms with Gasteiger partial charge in [-0.15, -0.1) is 11.3 Å². The van der Waals surface area contributed by atoms with Gasteiger partial charge in [0, 0.05) is 13.0 Å². The lowest BCUT2D eigenvalue weighted by Gasteiger charge is -2.07. The van der Waals surface area contributed by atoms with Crippen molar-refractivity contribution in [3.63, 3.8) is 0 Å². The maximum atomic E-state index is 12.5. The van der Waals surface area contributed by atoms with E-state index in [4.69, 9.17) is 4.74 Å². The van der Waals surface area contributed by atoms with E-state index in [1.54, 1.807) is 34.2 Å². The number of nitrogens with one attached hydrogen (secondary N) is 1. The summed E-state index contributed by atoms with van der Waals surface area (Å²) in [5.41, 5.74) is 1.02. The monoisotopic (exact) mass is 394 g/mol. The molecule has 0 radical (unpaired) electrons. The van der Waals surface area contributed by atoms with Crippen molar-refractivity contribution in [1.29, 1.82) is 0 Å². The molecule has 0 atom stereocenters. The highest BCUT2D eigenvalue weighted by Gasteiger charge is 2.17. The summed E-state index contributed by atoms with van der Waals surface area (Å²) in [5, 5.41) is 2.26. The molecule has 0 fully saturated rings. The summed E-state index contributed by atoms with van der Waals surface area (Å²) in [7, 11) is 0. The zero-order valence-corrected chi connectivity index (χ0v) is 15.4. The normalized spacial score (nSPS) is 13.1. The van der Waals surface area contributed by atoms with Gasteiger partial charge < -0.3 is 9.72 Å². The van der Waals surface area contributed by atoms with Crippen LogP contribution in [0.25, 0.3) is 21.1 Å². The van der Waals surface area contributed by atoms with Gasteiger partial charge in [0.05, 0.1) is 22.0 Å². The molecule has 1 aliphatic heterocycles. The molecule has 28 heavy (non-hydrogen) atoms. The van der Waals surface area contributed by atoms with E-state index >= 15 is 0 Å². The Bertz CT molecular complexity index is 1370. The number of aryl methyl sites for hydroxylation is 1. The van der Waals surface area contributed by atoms with Crippen LogP contribution in [0.5, 0.6) is 0 Å². The summed E-state index contributed by atoms with van der Waals surface area (Å²) in [6.07, 6.45) is 1.65. The van der Waals surface area contributed by atoms with Gasteiger partial charge in [-0.2, -0.15) is 0 Å². The number of aromatic nitrogens is 4. The maximum Gasteiger partial charge on any atom is 0.338 e. The minimum absolute atomic E-state index is 0.0803. The quantitative estimate of drug-likeness (QED) is 0.533. The number of hydrogen-bond acceptors (Lipinski definition) is 7. The van der Waals surface area contributed by atoms with E-state index < -0.39 is 5.97 Å². The van der Waals surface area contributed by atoms with Crippen molar-refractivity contribution in [1.82, 2.24) is 19.5 Å². The summed E-state index contributed by atoms with van der Waals surface area (Å²) in [6.45, 7) is 0.527. The fourth-order valence-electron chi connectivity index (χ4n) is 3.42. The van der Waals surface area contributed by atoms with Gasteiger partial charge in [0.2, 0.25) is 0 Å². The minimum atomic E-state index is -0.572. The molecule has 0 bridgehead atoms. The molecule has 0 unspecified atom stereocenters. The van der Waals surface area contributed by atoms with Crippen molar-refractivity contribution < 1.29 is 9.53 Å². The Kier molecular flexibility index (Phi) is 3.83. The molecule has 1 aromatic carbocycles. The Morgan fingerprint density at radius 3 is 3.00 bits per heavy atom. The number of H-pyrrole nitrogens is 1. The zero-order chi connectivity index (χ0) is 19.3. The summed E-state index contributed by atoms with van der Waals surface area (Å²) in [5.74, 6) is 0.449. The van der Waals surface area contributed by atoms with E-state index in [-0.39, 0.29) is 23.5 Å². The molecule has 5 rings (SSSR count). The second kappa shape index (κ2) is 6.38. The first-order valence-corrected chi connectivity index (χ1v) is 9.65. The van der Waals surface area contributed by atoms with Crippen LogP contribution in [-0.4, -0.2) is 25.5 Å². The third kappa shape index (κ3) is 2.71. The number of fused-ring (bicyclic) bond motifs is 3. The van der Waals surface area contributed by atoms with E-state index in [2.05, 4.69) is 15.0 Å². The second-order valence-electron chi connectivity index (χ2n) is 6.54. The Balaban J connectivity index is 1.41. The molecule has 1 aliphatic rings. The van der Waals surface area contributed by atoms with Gasteiger partial charge in [-0.3, -0.25) is 14.2 Å². The molecule has 0 saturated heterocycles.